The number of halogens is 3. The van der Waals surface area contributed by atoms with Gasteiger partial charge in [-0.05, 0) is 13.8 Å². The normalized spacial score (nSPS) is 12.2. The predicted octanol–water partition coefficient (Wildman–Crippen LogP) is 3.28. The smallest absolute Gasteiger partial charge is 0.222 e. The Hall–Kier alpha value is -3.37. The van der Waals surface area contributed by atoms with Gasteiger partial charge in [0.15, 0.2) is 17.5 Å². The van der Waals surface area contributed by atoms with E-state index in [4.69, 9.17) is 10.5 Å². The Morgan fingerprint density at radius 1 is 1.11 bits per heavy atom. The monoisotopic (exact) mass is 393 g/mol. The second-order valence-corrected chi connectivity index (χ2v) is 6.28. The Labute approximate surface area is 158 Å². The Bertz CT molecular complexity index is 993. The maximum atomic E-state index is 15.0. The van der Waals surface area contributed by atoms with Crippen molar-refractivity contribution < 1.29 is 17.9 Å². The number of aromatic amines is 1. The van der Waals surface area contributed by atoms with Gasteiger partial charge < -0.3 is 15.8 Å². The molecule has 28 heavy (non-hydrogen) atoms. The molecule has 4 N–H and O–H groups in total. The van der Waals surface area contributed by atoms with Crippen molar-refractivity contribution in [2.75, 3.05) is 11.1 Å². The molecule has 148 valence electrons. The molecule has 0 spiro atoms. The van der Waals surface area contributed by atoms with Gasteiger partial charge in [0.1, 0.15) is 11.6 Å². The lowest BCUT2D eigenvalue weighted by atomic mass is 10.0. The zero-order valence-electron chi connectivity index (χ0n) is 15.3. The van der Waals surface area contributed by atoms with E-state index in [1.165, 1.54) is 13.0 Å². The van der Waals surface area contributed by atoms with Crippen molar-refractivity contribution >= 4 is 17.6 Å². The van der Waals surface area contributed by atoms with E-state index < -0.39 is 23.4 Å². The summed E-state index contributed by atoms with van der Waals surface area (Å²) in [5.74, 6) is -3.42. The average molecular weight is 393 g/mol. The Morgan fingerprint density at radius 2 is 1.86 bits per heavy atom. The first-order chi connectivity index (χ1) is 13.2. The lowest BCUT2D eigenvalue weighted by molar-refractivity contribution is 0.232. The van der Waals surface area contributed by atoms with E-state index >= 15 is 0 Å². The molecule has 0 aromatic carbocycles. The fourth-order valence-corrected chi connectivity index (χ4v) is 2.53. The van der Waals surface area contributed by atoms with Gasteiger partial charge in [-0.3, -0.25) is 4.98 Å². The average Bonchev–Trinajstić information content (AvgIpc) is 3.03. The molecular weight excluding hydrogens is 375 g/mol. The van der Waals surface area contributed by atoms with Gasteiger partial charge in [0.25, 0.3) is 0 Å². The Morgan fingerprint density at radius 3 is 2.54 bits per heavy atom. The predicted molar refractivity (Wildman–Crippen MR) is 95.7 cm³/mol. The SMILES string of the molecule is CC(C)Oc1cc(Nc2nc(N)nc(C(C)c3ncc(F)cc3F)c2F)n[nH]1. The summed E-state index contributed by atoms with van der Waals surface area (Å²) < 4.78 is 47.5. The van der Waals surface area contributed by atoms with Gasteiger partial charge in [-0.25, -0.2) is 23.3 Å². The fourth-order valence-electron chi connectivity index (χ4n) is 2.53. The van der Waals surface area contributed by atoms with Gasteiger partial charge in [0.05, 0.1) is 23.7 Å². The van der Waals surface area contributed by atoms with Crippen molar-refractivity contribution in [3.05, 3.63) is 47.2 Å². The van der Waals surface area contributed by atoms with Crippen LogP contribution in [0.15, 0.2) is 18.3 Å². The van der Waals surface area contributed by atoms with E-state index in [1.54, 1.807) is 0 Å². The second-order valence-electron chi connectivity index (χ2n) is 6.28. The molecule has 0 fully saturated rings. The maximum Gasteiger partial charge on any atom is 0.222 e. The van der Waals surface area contributed by atoms with Gasteiger partial charge in [-0.1, -0.05) is 6.92 Å². The summed E-state index contributed by atoms with van der Waals surface area (Å²) in [6.07, 6.45) is 0.765. The molecule has 3 aromatic rings. The number of nitrogens with one attached hydrogen (secondary N) is 2. The Balaban J connectivity index is 1.92. The Kier molecular flexibility index (Phi) is 5.34. The van der Waals surface area contributed by atoms with Crippen LogP contribution in [0.4, 0.5) is 30.8 Å². The molecule has 0 amide bonds. The molecule has 8 nitrogen and oxygen atoms in total. The minimum Gasteiger partial charge on any atom is -0.475 e. The summed E-state index contributed by atoms with van der Waals surface area (Å²) in [5, 5.41) is 9.26. The molecule has 0 radical (unpaired) electrons. The molecule has 0 aliphatic heterocycles. The van der Waals surface area contributed by atoms with E-state index in [0.717, 1.165) is 6.20 Å². The molecule has 1 atom stereocenters. The number of nitrogens with two attached hydrogens (primary N) is 1. The van der Waals surface area contributed by atoms with E-state index in [-0.39, 0.29) is 35.1 Å². The number of rotatable bonds is 6. The standard InChI is InChI=1S/C17H18F3N7O/c1-7(2)28-12-5-11(26-27-12)23-16-13(20)15(24-17(21)25-16)8(3)14-10(19)4-9(18)6-22-14/h4-8H,1-3H3,(H4,21,23,24,25,26,27). The highest BCUT2D eigenvalue weighted by Crippen LogP contribution is 2.30. The molecule has 3 aromatic heterocycles. The summed E-state index contributed by atoms with van der Waals surface area (Å²) >= 11 is 0. The molecule has 0 saturated carbocycles. The summed E-state index contributed by atoms with van der Waals surface area (Å²) in [7, 11) is 0. The van der Waals surface area contributed by atoms with Crippen LogP contribution in [0, 0.1) is 17.5 Å². The zero-order valence-corrected chi connectivity index (χ0v) is 15.3. The highest BCUT2D eigenvalue weighted by atomic mass is 19.1. The first-order valence-corrected chi connectivity index (χ1v) is 8.37. The van der Waals surface area contributed by atoms with E-state index in [1.807, 2.05) is 13.8 Å². The molecule has 0 saturated heterocycles. The van der Waals surface area contributed by atoms with Crippen LogP contribution in [0.25, 0.3) is 0 Å². The van der Waals surface area contributed by atoms with Crippen LogP contribution in [0.1, 0.15) is 38.1 Å². The van der Waals surface area contributed by atoms with Crippen LogP contribution in [-0.4, -0.2) is 31.3 Å². The minimum atomic E-state index is -0.939. The van der Waals surface area contributed by atoms with Crippen LogP contribution in [0.5, 0.6) is 5.88 Å². The number of anilines is 3. The van der Waals surface area contributed by atoms with Crippen molar-refractivity contribution in [1.29, 1.82) is 0 Å². The topological polar surface area (TPSA) is 115 Å². The number of hydrogen-bond donors (Lipinski definition) is 3. The molecule has 0 bridgehead atoms. The van der Waals surface area contributed by atoms with Crippen LogP contribution in [-0.2, 0) is 0 Å². The van der Waals surface area contributed by atoms with E-state index in [0.29, 0.717) is 11.9 Å². The number of nitrogens with zero attached hydrogens (tertiary/aromatic N) is 4. The van der Waals surface area contributed by atoms with Crippen LogP contribution < -0.4 is 15.8 Å². The molecule has 3 rings (SSSR count). The number of aromatic nitrogens is 5. The zero-order chi connectivity index (χ0) is 20.4. The van der Waals surface area contributed by atoms with Gasteiger partial charge in [-0.15, -0.1) is 0 Å². The molecule has 3 heterocycles. The number of pyridine rings is 1. The molecule has 0 aliphatic rings. The van der Waals surface area contributed by atoms with Gasteiger partial charge in [0, 0.05) is 18.1 Å². The largest absolute Gasteiger partial charge is 0.475 e. The lowest BCUT2D eigenvalue weighted by Gasteiger charge is -2.14. The summed E-state index contributed by atoms with van der Waals surface area (Å²) in [4.78, 5) is 11.4. The van der Waals surface area contributed by atoms with Crippen molar-refractivity contribution in [3.63, 3.8) is 0 Å². The van der Waals surface area contributed by atoms with Gasteiger partial charge >= 0.3 is 0 Å². The molecule has 11 heteroatoms. The third kappa shape index (κ3) is 4.13. The maximum absolute atomic E-state index is 15.0. The third-order valence-electron chi connectivity index (χ3n) is 3.71. The lowest BCUT2D eigenvalue weighted by Crippen LogP contribution is -2.13. The summed E-state index contributed by atoms with van der Waals surface area (Å²) in [6, 6.07) is 2.18. The van der Waals surface area contributed by atoms with Gasteiger partial charge in [-0.2, -0.15) is 10.1 Å². The number of nitrogen functional groups attached to an aromatic ring is 1. The van der Waals surface area contributed by atoms with Crippen LogP contribution in [0.2, 0.25) is 0 Å². The van der Waals surface area contributed by atoms with Crippen LogP contribution >= 0.6 is 0 Å². The highest BCUT2D eigenvalue weighted by molar-refractivity contribution is 5.56. The minimum absolute atomic E-state index is 0.0784. The number of ether oxygens (including phenoxy) is 1. The first-order valence-electron chi connectivity index (χ1n) is 8.37. The molecule has 1 unspecified atom stereocenters. The van der Waals surface area contributed by atoms with E-state index in [9.17, 15) is 13.2 Å². The van der Waals surface area contributed by atoms with Crippen molar-refractivity contribution in [2.45, 2.75) is 32.8 Å². The first kappa shape index (κ1) is 19.4. The summed E-state index contributed by atoms with van der Waals surface area (Å²) in [5.41, 5.74) is 5.31. The summed E-state index contributed by atoms with van der Waals surface area (Å²) in [6.45, 7) is 5.16. The fraction of sp³-hybridized carbons (Fsp3) is 0.294. The molecule has 0 aliphatic carbocycles. The number of hydrogen-bond acceptors (Lipinski definition) is 7. The van der Waals surface area contributed by atoms with Crippen molar-refractivity contribution in [1.82, 2.24) is 25.1 Å². The quantitative estimate of drug-likeness (QED) is 0.589. The van der Waals surface area contributed by atoms with Crippen molar-refractivity contribution in [3.8, 4) is 5.88 Å². The van der Waals surface area contributed by atoms with E-state index in [2.05, 4.69) is 30.5 Å². The van der Waals surface area contributed by atoms with Crippen LogP contribution in [0.3, 0.4) is 0 Å². The third-order valence-corrected chi connectivity index (χ3v) is 3.71. The van der Waals surface area contributed by atoms with Crippen molar-refractivity contribution in [2.24, 2.45) is 0 Å². The number of H-pyrrole nitrogens is 1. The second kappa shape index (κ2) is 7.71. The highest BCUT2D eigenvalue weighted by Gasteiger charge is 2.24. The molecular formula is C17H18F3N7O. The van der Waals surface area contributed by atoms with Gasteiger partial charge in [0.2, 0.25) is 11.8 Å².